The van der Waals surface area contributed by atoms with Gasteiger partial charge >= 0.3 is 0 Å². The summed E-state index contributed by atoms with van der Waals surface area (Å²) in [6, 6.07) is 0. The molecule has 120 valence electrons. The van der Waals surface area contributed by atoms with E-state index in [2.05, 4.69) is 54.3 Å². The SMILES string of the molecule is C=C(C[C@H](C)CO[Si](C)(C)C(C)(C)C)C[C@H](O)CCC. The highest BCUT2D eigenvalue weighted by atomic mass is 28.4. The van der Waals surface area contributed by atoms with Gasteiger partial charge in [-0.05, 0) is 43.3 Å². The van der Waals surface area contributed by atoms with Gasteiger partial charge in [0.05, 0.1) is 6.10 Å². The molecule has 0 aromatic carbocycles. The molecular weight excluding hydrogens is 264 g/mol. The van der Waals surface area contributed by atoms with Crippen LogP contribution in [0, 0.1) is 5.92 Å². The molecule has 0 heterocycles. The largest absolute Gasteiger partial charge is 0.417 e. The zero-order valence-corrected chi connectivity index (χ0v) is 15.8. The average Bonchev–Trinajstić information content (AvgIpc) is 2.24. The molecule has 0 aromatic heterocycles. The summed E-state index contributed by atoms with van der Waals surface area (Å²) >= 11 is 0. The quantitative estimate of drug-likeness (QED) is 0.472. The number of hydrogen-bond donors (Lipinski definition) is 1. The van der Waals surface area contributed by atoms with Crippen LogP contribution in [-0.2, 0) is 4.43 Å². The Morgan fingerprint density at radius 1 is 1.25 bits per heavy atom. The molecule has 0 bridgehead atoms. The van der Waals surface area contributed by atoms with Gasteiger partial charge < -0.3 is 9.53 Å². The maximum atomic E-state index is 9.81. The van der Waals surface area contributed by atoms with E-state index in [1.165, 1.54) is 0 Å². The zero-order valence-electron chi connectivity index (χ0n) is 14.8. The van der Waals surface area contributed by atoms with Crippen LogP contribution in [0.5, 0.6) is 0 Å². The van der Waals surface area contributed by atoms with Gasteiger partial charge in [-0.25, -0.2) is 0 Å². The fourth-order valence-electron chi connectivity index (χ4n) is 1.97. The van der Waals surface area contributed by atoms with Crippen molar-refractivity contribution in [1.29, 1.82) is 0 Å². The van der Waals surface area contributed by atoms with Crippen molar-refractivity contribution in [3.05, 3.63) is 12.2 Å². The maximum Gasteiger partial charge on any atom is 0.191 e. The molecule has 0 aliphatic heterocycles. The van der Waals surface area contributed by atoms with Crippen molar-refractivity contribution in [3.8, 4) is 0 Å². The van der Waals surface area contributed by atoms with E-state index in [9.17, 15) is 5.11 Å². The first kappa shape index (κ1) is 19.9. The summed E-state index contributed by atoms with van der Waals surface area (Å²) in [4.78, 5) is 0. The van der Waals surface area contributed by atoms with Gasteiger partial charge in [0.25, 0.3) is 0 Å². The van der Waals surface area contributed by atoms with Crippen molar-refractivity contribution in [1.82, 2.24) is 0 Å². The van der Waals surface area contributed by atoms with Crippen LogP contribution in [0.4, 0.5) is 0 Å². The summed E-state index contributed by atoms with van der Waals surface area (Å²) in [6.07, 6.45) is 3.36. The Hall–Kier alpha value is -0.123. The average molecular weight is 301 g/mol. The minimum atomic E-state index is -1.64. The number of rotatable bonds is 9. The van der Waals surface area contributed by atoms with E-state index in [-0.39, 0.29) is 11.1 Å². The molecule has 0 fully saturated rings. The van der Waals surface area contributed by atoms with E-state index in [0.29, 0.717) is 5.92 Å². The third-order valence-electron chi connectivity index (χ3n) is 4.32. The number of hydrogen-bond acceptors (Lipinski definition) is 2. The van der Waals surface area contributed by atoms with Crippen LogP contribution < -0.4 is 0 Å². The highest BCUT2D eigenvalue weighted by Crippen LogP contribution is 2.37. The van der Waals surface area contributed by atoms with E-state index < -0.39 is 8.32 Å². The Kier molecular flexibility index (Phi) is 8.30. The summed E-state index contributed by atoms with van der Waals surface area (Å²) in [5.74, 6) is 0.477. The van der Waals surface area contributed by atoms with Gasteiger partial charge in [0, 0.05) is 6.61 Å². The number of aliphatic hydroxyl groups excluding tert-OH is 1. The summed E-state index contributed by atoms with van der Waals surface area (Å²) in [5.41, 5.74) is 1.15. The summed E-state index contributed by atoms with van der Waals surface area (Å²) in [7, 11) is -1.64. The lowest BCUT2D eigenvalue weighted by molar-refractivity contribution is 0.160. The molecule has 0 amide bonds. The van der Waals surface area contributed by atoms with Gasteiger partial charge in [-0.1, -0.05) is 53.2 Å². The predicted octanol–water partition coefficient (Wildman–Crippen LogP) is 5.14. The standard InChI is InChI=1S/C17H36O2Si/c1-9-10-16(18)12-14(2)11-15(3)13-19-20(7,8)17(4,5)6/h15-16,18H,2,9-13H2,1,3-8H3/t15-,16+/m0/s1. The van der Waals surface area contributed by atoms with Crippen LogP contribution in [-0.4, -0.2) is 26.1 Å². The van der Waals surface area contributed by atoms with E-state index in [4.69, 9.17) is 4.43 Å². The highest BCUT2D eigenvalue weighted by Gasteiger charge is 2.37. The Labute approximate surface area is 127 Å². The molecule has 1 N–H and O–H groups in total. The van der Waals surface area contributed by atoms with E-state index in [1.807, 2.05) is 0 Å². The van der Waals surface area contributed by atoms with Gasteiger partial charge in [0.1, 0.15) is 0 Å². The van der Waals surface area contributed by atoms with Gasteiger partial charge in [-0.3, -0.25) is 0 Å². The van der Waals surface area contributed by atoms with Crippen LogP contribution in [0.2, 0.25) is 18.1 Å². The molecule has 0 aliphatic rings. The van der Waals surface area contributed by atoms with Gasteiger partial charge in [0.15, 0.2) is 8.32 Å². The molecule has 0 radical (unpaired) electrons. The fourth-order valence-corrected chi connectivity index (χ4v) is 3.10. The molecular formula is C17H36O2Si. The minimum Gasteiger partial charge on any atom is -0.417 e. The highest BCUT2D eigenvalue weighted by molar-refractivity contribution is 6.74. The molecule has 2 nitrogen and oxygen atoms in total. The Morgan fingerprint density at radius 2 is 1.80 bits per heavy atom. The van der Waals surface area contributed by atoms with Gasteiger partial charge in [0.2, 0.25) is 0 Å². The first-order valence-electron chi connectivity index (χ1n) is 7.98. The van der Waals surface area contributed by atoms with E-state index in [1.54, 1.807) is 0 Å². The van der Waals surface area contributed by atoms with Crippen molar-refractivity contribution >= 4 is 8.32 Å². The summed E-state index contributed by atoms with van der Waals surface area (Å²) in [5, 5.41) is 10.1. The molecule has 0 spiro atoms. The second kappa shape index (κ2) is 8.35. The van der Waals surface area contributed by atoms with Crippen molar-refractivity contribution in [2.75, 3.05) is 6.61 Å². The lowest BCUT2D eigenvalue weighted by Crippen LogP contribution is -2.41. The molecule has 0 unspecified atom stereocenters. The minimum absolute atomic E-state index is 0.221. The Bertz CT molecular complexity index is 292. The van der Waals surface area contributed by atoms with E-state index >= 15 is 0 Å². The fraction of sp³-hybridized carbons (Fsp3) is 0.882. The monoisotopic (exact) mass is 300 g/mol. The molecule has 0 saturated carbocycles. The van der Waals surface area contributed by atoms with Crippen LogP contribution in [0.25, 0.3) is 0 Å². The van der Waals surface area contributed by atoms with Crippen molar-refractivity contribution < 1.29 is 9.53 Å². The first-order chi connectivity index (χ1) is 8.99. The third kappa shape index (κ3) is 7.60. The summed E-state index contributed by atoms with van der Waals surface area (Å²) < 4.78 is 6.24. The second-order valence-corrected chi connectivity index (χ2v) is 12.6. The van der Waals surface area contributed by atoms with E-state index in [0.717, 1.165) is 37.9 Å². The van der Waals surface area contributed by atoms with Crippen molar-refractivity contribution in [2.45, 2.75) is 84.5 Å². The van der Waals surface area contributed by atoms with Crippen molar-refractivity contribution in [2.24, 2.45) is 5.92 Å². The molecule has 3 heteroatoms. The zero-order chi connectivity index (χ0) is 16.0. The maximum absolute atomic E-state index is 9.81. The van der Waals surface area contributed by atoms with Crippen LogP contribution in [0.3, 0.4) is 0 Å². The lowest BCUT2D eigenvalue weighted by atomic mass is 9.97. The van der Waals surface area contributed by atoms with Gasteiger partial charge in [-0.2, -0.15) is 0 Å². The van der Waals surface area contributed by atoms with Crippen LogP contribution in [0.1, 0.15) is 60.3 Å². The number of aliphatic hydroxyl groups is 1. The van der Waals surface area contributed by atoms with Gasteiger partial charge in [-0.15, -0.1) is 0 Å². The molecule has 20 heavy (non-hydrogen) atoms. The topological polar surface area (TPSA) is 29.5 Å². The normalized spacial score (nSPS) is 16.0. The molecule has 0 rings (SSSR count). The summed E-state index contributed by atoms with van der Waals surface area (Å²) in [6.45, 7) is 20.6. The third-order valence-corrected chi connectivity index (χ3v) is 8.82. The molecule has 2 atom stereocenters. The van der Waals surface area contributed by atoms with Crippen LogP contribution >= 0.6 is 0 Å². The molecule has 0 saturated heterocycles. The molecule has 0 aromatic rings. The Morgan fingerprint density at radius 3 is 2.25 bits per heavy atom. The predicted molar refractivity (Wildman–Crippen MR) is 91.6 cm³/mol. The smallest absolute Gasteiger partial charge is 0.191 e. The Balaban J connectivity index is 4.12. The first-order valence-corrected chi connectivity index (χ1v) is 10.9. The second-order valence-electron chi connectivity index (χ2n) is 7.78. The lowest BCUT2D eigenvalue weighted by Gasteiger charge is -2.37. The molecule has 0 aliphatic carbocycles. The van der Waals surface area contributed by atoms with Crippen LogP contribution in [0.15, 0.2) is 12.2 Å². The van der Waals surface area contributed by atoms with Crippen molar-refractivity contribution in [3.63, 3.8) is 0 Å².